The van der Waals surface area contributed by atoms with E-state index in [-0.39, 0.29) is 4.90 Å². The first-order chi connectivity index (χ1) is 13.4. The lowest BCUT2D eigenvalue weighted by molar-refractivity contribution is 0.411. The highest BCUT2D eigenvalue weighted by Gasteiger charge is 2.17. The molecule has 0 radical (unpaired) electrons. The summed E-state index contributed by atoms with van der Waals surface area (Å²) in [5, 5.41) is 0.691. The average molecular weight is 434 g/mol. The Morgan fingerprint density at radius 3 is 2.43 bits per heavy atom. The summed E-state index contributed by atoms with van der Waals surface area (Å²) >= 11 is 7.48. The first-order valence-corrected chi connectivity index (χ1v) is 11.4. The number of anilines is 1. The van der Waals surface area contributed by atoms with E-state index in [2.05, 4.69) is 4.72 Å². The van der Waals surface area contributed by atoms with Gasteiger partial charge in [-0.15, -0.1) is 11.8 Å². The molecule has 4 nitrogen and oxygen atoms in total. The number of para-hydroxylation sites is 1. The van der Waals surface area contributed by atoms with Crippen LogP contribution in [0.15, 0.2) is 76.5 Å². The number of thioether (sulfide) groups is 1. The minimum absolute atomic E-state index is 0.198. The largest absolute Gasteiger partial charge is 0.496 e. The monoisotopic (exact) mass is 433 g/mol. The normalized spacial score (nSPS) is 11.2. The van der Waals surface area contributed by atoms with Crippen molar-refractivity contribution >= 4 is 39.1 Å². The highest BCUT2D eigenvalue weighted by Crippen LogP contribution is 2.32. The van der Waals surface area contributed by atoms with E-state index in [0.717, 1.165) is 16.0 Å². The lowest BCUT2D eigenvalue weighted by atomic mass is 10.2. The van der Waals surface area contributed by atoms with Gasteiger partial charge in [0.15, 0.2) is 0 Å². The molecule has 28 heavy (non-hydrogen) atoms. The summed E-state index contributed by atoms with van der Waals surface area (Å²) in [6.45, 7) is 1.81. The van der Waals surface area contributed by atoms with E-state index in [0.29, 0.717) is 22.2 Å². The van der Waals surface area contributed by atoms with Crippen LogP contribution in [0.25, 0.3) is 0 Å². The fourth-order valence-corrected chi connectivity index (χ4v) is 4.96. The molecule has 3 rings (SSSR count). The lowest BCUT2D eigenvalue weighted by Crippen LogP contribution is -2.13. The molecule has 0 aliphatic rings. The first-order valence-electron chi connectivity index (χ1n) is 8.53. The molecule has 3 aromatic rings. The Kier molecular flexibility index (Phi) is 6.54. The van der Waals surface area contributed by atoms with Crippen molar-refractivity contribution in [2.75, 3.05) is 11.8 Å². The predicted octanol–water partition coefficient (Wildman–Crippen LogP) is 5.75. The lowest BCUT2D eigenvalue weighted by Gasteiger charge is -2.13. The van der Waals surface area contributed by atoms with E-state index >= 15 is 0 Å². The Morgan fingerprint density at radius 1 is 1.04 bits per heavy atom. The minimum Gasteiger partial charge on any atom is -0.496 e. The quantitative estimate of drug-likeness (QED) is 0.482. The first kappa shape index (κ1) is 20.6. The highest BCUT2D eigenvalue weighted by atomic mass is 35.5. The summed E-state index contributed by atoms with van der Waals surface area (Å²) in [6, 6.07) is 19.8. The van der Waals surface area contributed by atoms with Crippen molar-refractivity contribution < 1.29 is 13.2 Å². The van der Waals surface area contributed by atoms with Gasteiger partial charge in [0.25, 0.3) is 10.0 Å². The van der Waals surface area contributed by atoms with Crippen LogP contribution in [0.1, 0.15) is 11.1 Å². The summed E-state index contributed by atoms with van der Waals surface area (Å²) in [5.41, 5.74) is 2.42. The predicted molar refractivity (Wildman–Crippen MR) is 116 cm³/mol. The van der Waals surface area contributed by atoms with Gasteiger partial charge in [-0.05, 0) is 60.5 Å². The number of benzene rings is 3. The van der Waals surface area contributed by atoms with Gasteiger partial charge >= 0.3 is 0 Å². The molecule has 0 aliphatic carbocycles. The smallest absolute Gasteiger partial charge is 0.261 e. The van der Waals surface area contributed by atoms with Gasteiger partial charge in [0.2, 0.25) is 0 Å². The van der Waals surface area contributed by atoms with Gasteiger partial charge in [0.05, 0.1) is 17.7 Å². The maximum absolute atomic E-state index is 12.8. The Morgan fingerprint density at radius 2 is 1.75 bits per heavy atom. The van der Waals surface area contributed by atoms with E-state index in [4.69, 9.17) is 16.3 Å². The molecule has 146 valence electrons. The Bertz CT molecular complexity index is 1070. The van der Waals surface area contributed by atoms with Gasteiger partial charge in [-0.3, -0.25) is 4.72 Å². The summed E-state index contributed by atoms with van der Waals surface area (Å²) in [4.78, 5) is 1.05. The number of methoxy groups -OCH3 is 1. The molecule has 0 aliphatic heterocycles. The second kappa shape index (κ2) is 8.90. The topological polar surface area (TPSA) is 55.4 Å². The molecule has 0 aromatic heterocycles. The molecule has 1 N–H and O–H groups in total. The third-order valence-corrected chi connectivity index (χ3v) is 6.88. The Balaban J connectivity index is 1.80. The molecule has 0 saturated heterocycles. The maximum Gasteiger partial charge on any atom is 0.261 e. The highest BCUT2D eigenvalue weighted by molar-refractivity contribution is 7.98. The second-order valence-corrected chi connectivity index (χ2v) is 9.28. The number of aryl methyl sites for hydroxylation is 1. The fourth-order valence-electron chi connectivity index (χ4n) is 2.64. The molecule has 0 unspecified atom stereocenters. The zero-order chi connectivity index (χ0) is 20.1. The van der Waals surface area contributed by atoms with E-state index in [9.17, 15) is 8.42 Å². The zero-order valence-electron chi connectivity index (χ0n) is 15.5. The molecule has 0 saturated carbocycles. The molecule has 0 heterocycles. The van der Waals surface area contributed by atoms with Gasteiger partial charge < -0.3 is 4.74 Å². The minimum atomic E-state index is -3.71. The Labute approximate surface area is 174 Å². The molecule has 0 amide bonds. The van der Waals surface area contributed by atoms with E-state index in [1.54, 1.807) is 37.1 Å². The number of nitrogens with one attached hydrogen (secondary N) is 1. The van der Waals surface area contributed by atoms with Crippen molar-refractivity contribution in [2.24, 2.45) is 0 Å². The van der Waals surface area contributed by atoms with Gasteiger partial charge in [-0.2, -0.15) is 0 Å². The van der Waals surface area contributed by atoms with Gasteiger partial charge in [0.1, 0.15) is 5.75 Å². The van der Waals surface area contributed by atoms with E-state index < -0.39 is 10.0 Å². The van der Waals surface area contributed by atoms with Crippen LogP contribution < -0.4 is 9.46 Å². The molecule has 0 atom stereocenters. The molecule has 0 bridgehead atoms. The van der Waals surface area contributed by atoms with Crippen molar-refractivity contribution in [2.45, 2.75) is 22.5 Å². The SMILES string of the molecule is COc1ccc(S(=O)(=O)Nc2ccccc2SCc2ccc(Cl)cc2)cc1C. The van der Waals surface area contributed by atoms with Crippen LogP contribution in [0.5, 0.6) is 5.75 Å². The van der Waals surface area contributed by atoms with Gasteiger partial charge in [0, 0.05) is 15.7 Å². The van der Waals surface area contributed by atoms with Crippen LogP contribution in [0.4, 0.5) is 5.69 Å². The third-order valence-electron chi connectivity index (χ3n) is 4.12. The third kappa shape index (κ3) is 5.01. The molecular formula is C21H20ClNO3S2. The number of ether oxygens (including phenoxy) is 1. The van der Waals surface area contributed by atoms with Crippen LogP contribution in [-0.2, 0) is 15.8 Å². The number of rotatable bonds is 7. The molecule has 0 fully saturated rings. The van der Waals surface area contributed by atoms with Crippen molar-refractivity contribution in [3.8, 4) is 5.75 Å². The van der Waals surface area contributed by atoms with Gasteiger partial charge in [-0.25, -0.2) is 8.42 Å². The zero-order valence-corrected chi connectivity index (χ0v) is 17.9. The summed E-state index contributed by atoms with van der Waals surface area (Å²) < 4.78 is 33.6. The molecular weight excluding hydrogens is 414 g/mol. The average Bonchev–Trinajstić information content (AvgIpc) is 2.68. The van der Waals surface area contributed by atoms with Gasteiger partial charge in [-0.1, -0.05) is 35.9 Å². The molecule has 7 heteroatoms. The summed E-state index contributed by atoms with van der Waals surface area (Å²) in [5.74, 6) is 1.36. The number of hydrogen-bond donors (Lipinski definition) is 1. The second-order valence-electron chi connectivity index (χ2n) is 6.15. The Hall–Kier alpha value is -2.15. The van der Waals surface area contributed by atoms with Crippen LogP contribution >= 0.6 is 23.4 Å². The molecule has 0 spiro atoms. The van der Waals surface area contributed by atoms with E-state index in [1.165, 1.54) is 6.07 Å². The number of sulfonamides is 1. The van der Waals surface area contributed by atoms with Crippen molar-refractivity contribution in [3.05, 3.63) is 82.9 Å². The van der Waals surface area contributed by atoms with Crippen LogP contribution in [0.3, 0.4) is 0 Å². The number of halogens is 1. The van der Waals surface area contributed by atoms with Crippen LogP contribution in [-0.4, -0.2) is 15.5 Å². The fraction of sp³-hybridized carbons (Fsp3) is 0.143. The van der Waals surface area contributed by atoms with Crippen LogP contribution in [0.2, 0.25) is 5.02 Å². The van der Waals surface area contributed by atoms with Crippen LogP contribution in [0, 0.1) is 6.92 Å². The summed E-state index contributed by atoms with van der Waals surface area (Å²) in [7, 11) is -2.15. The van der Waals surface area contributed by atoms with Crippen molar-refractivity contribution in [1.82, 2.24) is 0 Å². The maximum atomic E-state index is 12.8. The molecule has 3 aromatic carbocycles. The summed E-state index contributed by atoms with van der Waals surface area (Å²) in [6.07, 6.45) is 0. The van der Waals surface area contributed by atoms with E-state index in [1.807, 2.05) is 49.4 Å². The standard InChI is InChI=1S/C21H20ClNO3S2/c1-15-13-18(11-12-20(15)26-2)28(24,25)23-19-5-3-4-6-21(19)27-14-16-7-9-17(22)10-8-16/h3-13,23H,14H2,1-2H3. The number of hydrogen-bond acceptors (Lipinski definition) is 4. The van der Waals surface area contributed by atoms with Crippen molar-refractivity contribution in [3.63, 3.8) is 0 Å². The van der Waals surface area contributed by atoms with Crippen molar-refractivity contribution in [1.29, 1.82) is 0 Å².